The van der Waals surface area contributed by atoms with E-state index in [2.05, 4.69) is 6.58 Å². The van der Waals surface area contributed by atoms with Gasteiger partial charge in [-0.2, -0.15) is 0 Å². The Hall–Kier alpha value is -2.41. The Morgan fingerprint density at radius 1 is 1.21 bits per heavy atom. The molecular weight excluding hydrogens is 312 g/mol. The highest BCUT2D eigenvalue weighted by atomic mass is 16.6. The van der Waals surface area contributed by atoms with Gasteiger partial charge in [-0.3, -0.25) is 0 Å². The molecule has 0 aliphatic rings. The van der Waals surface area contributed by atoms with E-state index in [1.807, 2.05) is 36.4 Å². The van der Waals surface area contributed by atoms with Crippen molar-refractivity contribution in [3.8, 4) is 5.75 Å². The molecule has 6 nitrogen and oxygen atoms in total. The largest absolute Gasteiger partial charge is 0.478 e. The van der Waals surface area contributed by atoms with Crippen LogP contribution in [-0.2, 0) is 9.53 Å². The van der Waals surface area contributed by atoms with Gasteiger partial charge in [0.2, 0.25) is 6.29 Å². The fourth-order valence-electron chi connectivity index (χ4n) is 1.73. The first kappa shape index (κ1) is 19.6. The molecule has 0 spiro atoms. The van der Waals surface area contributed by atoms with Gasteiger partial charge in [-0.05, 0) is 18.4 Å². The third kappa shape index (κ3) is 6.78. The molecule has 0 bridgehead atoms. The van der Waals surface area contributed by atoms with Gasteiger partial charge in [-0.25, -0.2) is 4.79 Å². The minimum atomic E-state index is -1.04. The van der Waals surface area contributed by atoms with E-state index < -0.39 is 12.3 Å². The van der Waals surface area contributed by atoms with E-state index in [1.165, 1.54) is 6.92 Å². The van der Waals surface area contributed by atoms with E-state index in [-0.39, 0.29) is 25.4 Å². The molecule has 3 N–H and O–H groups in total. The van der Waals surface area contributed by atoms with Crippen molar-refractivity contribution in [2.45, 2.75) is 13.2 Å². The van der Waals surface area contributed by atoms with Crippen LogP contribution in [0.4, 0.5) is 0 Å². The first-order valence-corrected chi connectivity index (χ1v) is 7.35. The van der Waals surface area contributed by atoms with Crippen LogP contribution in [-0.4, -0.2) is 47.4 Å². The van der Waals surface area contributed by atoms with E-state index in [9.17, 15) is 9.90 Å². The molecule has 0 saturated heterocycles. The molecular formula is C18H22O6. The average Bonchev–Trinajstić information content (AvgIpc) is 2.56. The Kier molecular flexibility index (Phi) is 8.49. The van der Waals surface area contributed by atoms with Gasteiger partial charge in [-0.1, -0.05) is 43.0 Å². The number of aliphatic carboxylic acids is 1. The molecule has 24 heavy (non-hydrogen) atoms. The first-order valence-electron chi connectivity index (χ1n) is 7.35. The van der Waals surface area contributed by atoms with Crippen LogP contribution < -0.4 is 4.74 Å². The minimum absolute atomic E-state index is 0.0315. The zero-order chi connectivity index (χ0) is 17.9. The van der Waals surface area contributed by atoms with Crippen molar-refractivity contribution in [3.63, 3.8) is 0 Å². The molecule has 2 aromatic rings. The number of carbonyl (C=O) groups is 1. The lowest BCUT2D eigenvalue weighted by atomic mass is 10.1. The number of benzene rings is 2. The number of carboxylic acid groups (broad SMARTS) is 1. The van der Waals surface area contributed by atoms with Crippen LogP contribution in [0.2, 0.25) is 0 Å². The van der Waals surface area contributed by atoms with Crippen LogP contribution in [0, 0.1) is 0 Å². The number of aliphatic hydroxyl groups excluding tert-OH is 2. The lowest BCUT2D eigenvalue weighted by Gasteiger charge is -2.15. The predicted octanol–water partition coefficient (Wildman–Crippen LogP) is 2.19. The second-order valence-electron chi connectivity index (χ2n) is 4.93. The number of rotatable bonds is 7. The number of hydrogen-bond acceptors (Lipinski definition) is 5. The van der Waals surface area contributed by atoms with Gasteiger partial charge in [0.25, 0.3) is 0 Å². The highest BCUT2D eigenvalue weighted by Crippen LogP contribution is 2.25. The SMILES string of the molecule is C=C(C)C(=O)O.OCCOCC(O)Oc1cccc2ccccc12. The summed E-state index contributed by atoms with van der Waals surface area (Å²) in [7, 11) is 0. The molecule has 0 fully saturated rings. The second-order valence-corrected chi connectivity index (χ2v) is 4.93. The van der Waals surface area contributed by atoms with E-state index in [1.54, 1.807) is 6.07 Å². The van der Waals surface area contributed by atoms with Crippen molar-refractivity contribution in [2.75, 3.05) is 19.8 Å². The first-order chi connectivity index (χ1) is 11.5. The van der Waals surface area contributed by atoms with Crippen LogP contribution in [0.1, 0.15) is 6.92 Å². The van der Waals surface area contributed by atoms with Gasteiger partial charge in [0.05, 0.1) is 13.2 Å². The molecule has 0 aliphatic heterocycles. The summed E-state index contributed by atoms with van der Waals surface area (Å²) in [4.78, 5) is 9.60. The molecule has 2 rings (SSSR count). The molecule has 1 unspecified atom stereocenters. The highest BCUT2D eigenvalue weighted by Gasteiger charge is 2.08. The molecule has 130 valence electrons. The van der Waals surface area contributed by atoms with E-state index in [0.29, 0.717) is 5.75 Å². The predicted molar refractivity (Wildman–Crippen MR) is 90.9 cm³/mol. The van der Waals surface area contributed by atoms with Gasteiger partial charge in [-0.15, -0.1) is 0 Å². The maximum atomic E-state index is 9.66. The molecule has 0 aliphatic carbocycles. The Balaban J connectivity index is 0.000000413. The van der Waals surface area contributed by atoms with Gasteiger partial charge in [0.1, 0.15) is 12.4 Å². The van der Waals surface area contributed by atoms with Gasteiger partial charge < -0.3 is 24.8 Å². The molecule has 0 heterocycles. The average molecular weight is 334 g/mol. The number of hydrogen-bond donors (Lipinski definition) is 3. The van der Waals surface area contributed by atoms with Gasteiger partial charge >= 0.3 is 5.97 Å². The second kappa shape index (κ2) is 10.4. The van der Waals surface area contributed by atoms with Crippen molar-refractivity contribution in [1.29, 1.82) is 0 Å². The zero-order valence-electron chi connectivity index (χ0n) is 13.5. The Morgan fingerprint density at radius 3 is 2.46 bits per heavy atom. The lowest BCUT2D eigenvalue weighted by molar-refractivity contribution is -0.132. The summed E-state index contributed by atoms with van der Waals surface area (Å²) in [6.45, 7) is 4.76. The van der Waals surface area contributed by atoms with Gasteiger partial charge in [0.15, 0.2) is 0 Å². The molecule has 0 aromatic heterocycles. The van der Waals surface area contributed by atoms with Crippen molar-refractivity contribution in [1.82, 2.24) is 0 Å². The van der Waals surface area contributed by atoms with Crippen molar-refractivity contribution < 1.29 is 29.6 Å². The quantitative estimate of drug-likeness (QED) is 0.408. The number of ether oxygens (including phenoxy) is 2. The normalized spacial score (nSPS) is 11.3. The number of fused-ring (bicyclic) bond motifs is 1. The third-order valence-electron chi connectivity index (χ3n) is 2.87. The van der Waals surface area contributed by atoms with Crippen LogP contribution >= 0.6 is 0 Å². The van der Waals surface area contributed by atoms with E-state index in [0.717, 1.165) is 10.8 Å². The van der Waals surface area contributed by atoms with Gasteiger partial charge in [0, 0.05) is 11.0 Å². The van der Waals surface area contributed by atoms with Crippen LogP contribution in [0.5, 0.6) is 5.75 Å². The fourth-order valence-corrected chi connectivity index (χ4v) is 1.73. The molecule has 0 radical (unpaired) electrons. The van der Waals surface area contributed by atoms with Crippen molar-refractivity contribution >= 4 is 16.7 Å². The topological polar surface area (TPSA) is 96.2 Å². The third-order valence-corrected chi connectivity index (χ3v) is 2.87. The molecule has 1 atom stereocenters. The van der Waals surface area contributed by atoms with Crippen LogP contribution in [0.25, 0.3) is 10.8 Å². The maximum absolute atomic E-state index is 9.66. The summed E-state index contributed by atoms with van der Waals surface area (Å²) in [5, 5.41) is 28.1. The van der Waals surface area contributed by atoms with Crippen molar-refractivity contribution in [3.05, 3.63) is 54.6 Å². The maximum Gasteiger partial charge on any atom is 0.330 e. The Morgan fingerprint density at radius 2 is 1.83 bits per heavy atom. The fraction of sp³-hybridized carbons (Fsp3) is 0.278. The summed E-state index contributed by atoms with van der Waals surface area (Å²) in [5.41, 5.74) is 0.176. The Bertz CT molecular complexity index is 650. The molecule has 6 heteroatoms. The minimum Gasteiger partial charge on any atom is -0.478 e. The smallest absolute Gasteiger partial charge is 0.330 e. The zero-order valence-corrected chi connectivity index (χ0v) is 13.5. The van der Waals surface area contributed by atoms with Crippen LogP contribution in [0.15, 0.2) is 54.6 Å². The van der Waals surface area contributed by atoms with E-state index in [4.69, 9.17) is 19.7 Å². The molecule has 0 amide bonds. The molecule has 0 saturated carbocycles. The molecule has 2 aromatic carbocycles. The standard InChI is InChI=1S/C14H16O4.C4H6O2/c15-8-9-17-10-14(16)18-13-7-3-5-11-4-1-2-6-12(11)13;1-3(2)4(5)6/h1-7,14-16H,8-10H2;1H2,2H3,(H,5,6). The number of aliphatic hydroxyl groups is 2. The highest BCUT2D eigenvalue weighted by molar-refractivity contribution is 5.88. The summed E-state index contributed by atoms with van der Waals surface area (Å²) >= 11 is 0. The van der Waals surface area contributed by atoms with E-state index >= 15 is 0 Å². The summed E-state index contributed by atoms with van der Waals surface area (Å²) < 4.78 is 10.4. The summed E-state index contributed by atoms with van der Waals surface area (Å²) in [5.74, 6) is -0.316. The summed E-state index contributed by atoms with van der Waals surface area (Å²) in [6.07, 6.45) is -1.04. The Labute approximate surface area is 140 Å². The van der Waals surface area contributed by atoms with Crippen LogP contribution in [0.3, 0.4) is 0 Å². The summed E-state index contributed by atoms with van der Waals surface area (Å²) in [6, 6.07) is 13.5. The lowest BCUT2D eigenvalue weighted by Crippen LogP contribution is -2.23. The monoisotopic (exact) mass is 334 g/mol. The number of carboxylic acids is 1. The van der Waals surface area contributed by atoms with Crippen molar-refractivity contribution in [2.24, 2.45) is 0 Å².